The van der Waals surface area contributed by atoms with Crippen molar-refractivity contribution < 1.29 is 18.7 Å². The third kappa shape index (κ3) is 5.88. The van der Waals surface area contributed by atoms with E-state index < -0.39 is 0 Å². The van der Waals surface area contributed by atoms with Crippen LogP contribution < -0.4 is 10.1 Å². The third-order valence-electron chi connectivity index (χ3n) is 6.62. The lowest BCUT2D eigenvalue weighted by Gasteiger charge is -2.24. The Kier molecular flexibility index (Phi) is 6.80. The predicted octanol–water partition coefficient (Wildman–Crippen LogP) is 4.49. The molecule has 0 unspecified atom stereocenters. The highest BCUT2D eigenvalue weighted by Crippen LogP contribution is 2.41. The van der Waals surface area contributed by atoms with Crippen molar-refractivity contribution in [1.82, 2.24) is 10.2 Å². The van der Waals surface area contributed by atoms with Crippen LogP contribution in [0.5, 0.6) is 5.75 Å². The minimum Gasteiger partial charge on any atom is -0.491 e. The van der Waals surface area contributed by atoms with Gasteiger partial charge in [0.15, 0.2) is 0 Å². The van der Waals surface area contributed by atoms with Gasteiger partial charge in [0.2, 0.25) is 5.91 Å². The van der Waals surface area contributed by atoms with E-state index in [-0.39, 0.29) is 24.1 Å². The molecule has 1 heterocycles. The summed E-state index contributed by atoms with van der Waals surface area (Å²) < 4.78 is 19.4. The Morgan fingerprint density at radius 3 is 2.66 bits per heavy atom. The molecule has 0 radical (unpaired) electrons. The molecule has 2 bridgehead atoms. The van der Waals surface area contributed by atoms with Crippen molar-refractivity contribution in [3.05, 3.63) is 100 Å². The van der Waals surface area contributed by atoms with Crippen LogP contribution in [0.15, 0.2) is 66.7 Å². The summed E-state index contributed by atoms with van der Waals surface area (Å²) in [5.41, 5.74) is 4.83. The zero-order valence-electron chi connectivity index (χ0n) is 19.6. The maximum Gasteiger partial charge on any atom is 0.251 e. The van der Waals surface area contributed by atoms with Gasteiger partial charge in [0.25, 0.3) is 5.91 Å². The fraction of sp³-hybridized carbons (Fsp3) is 0.310. The number of fused-ring (bicyclic) bond motifs is 3. The monoisotopic (exact) mass is 472 g/mol. The number of halogens is 1. The second-order valence-electron chi connectivity index (χ2n) is 9.31. The van der Waals surface area contributed by atoms with E-state index in [4.69, 9.17) is 4.74 Å². The van der Waals surface area contributed by atoms with Crippen LogP contribution >= 0.6 is 0 Å². The quantitative estimate of drug-likeness (QED) is 0.611. The average molecular weight is 473 g/mol. The van der Waals surface area contributed by atoms with Crippen LogP contribution in [0.1, 0.15) is 51.4 Å². The first-order chi connectivity index (χ1) is 17.0. The number of benzene rings is 3. The Morgan fingerprint density at radius 2 is 1.86 bits per heavy atom. The number of rotatable bonds is 3. The van der Waals surface area contributed by atoms with Crippen LogP contribution in [0.3, 0.4) is 0 Å². The smallest absolute Gasteiger partial charge is 0.251 e. The van der Waals surface area contributed by atoms with E-state index in [1.54, 1.807) is 23.1 Å². The lowest BCUT2D eigenvalue weighted by molar-refractivity contribution is -0.130. The molecule has 3 aromatic carbocycles. The first-order valence-electron chi connectivity index (χ1n) is 12.2. The van der Waals surface area contributed by atoms with Crippen molar-refractivity contribution in [2.24, 2.45) is 0 Å². The molecule has 1 aliphatic carbocycles. The number of nitrogens with one attached hydrogen (secondary N) is 1. The average Bonchev–Trinajstić information content (AvgIpc) is 3.70. The van der Waals surface area contributed by atoms with Crippen molar-refractivity contribution in [2.75, 3.05) is 26.2 Å². The summed E-state index contributed by atoms with van der Waals surface area (Å²) in [5, 5.41) is 2.93. The van der Waals surface area contributed by atoms with Gasteiger partial charge in [-0.2, -0.15) is 0 Å². The molecule has 2 amide bonds. The minimum absolute atomic E-state index is 0.0900. The Labute approximate surface area is 204 Å². The second-order valence-corrected chi connectivity index (χ2v) is 9.31. The maximum absolute atomic E-state index is 13.2. The molecule has 0 saturated heterocycles. The Balaban J connectivity index is 1.38. The van der Waals surface area contributed by atoms with E-state index >= 15 is 0 Å². The molecule has 3 aromatic rings. The van der Waals surface area contributed by atoms with E-state index in [0.717, 1.165) is 22.4 Å². The first-order valence-corrected chi connectivity index (χ1v) is 12.2. The summed E-state index contributed by atoms with van der Waals surface area (Å²) in [6, 6.07) is 20.0. The molecular weight excluding hydrogens is 443 g/mol. The molecule has 1 saturated carbocycles. The van der Waals surface area contributed by atoms with Crippen LogP contribution in [0.4, 0.5) is 4.39 Å². The van der Waals surface area contributed by atoms with E-state index in [9.17, 15) is 14.0 Å². The van der Waals surface area contributed by atoms with Crippen molar-refractivity contribution in [2.45, 2.75) is 31.6 Å². The van der Waals surface area contributed by atoms with Crippen LogP contribution in [0, 0.1) is 5.82 Å². The third-order valence-corrected chi connectivity index (χ3v) is 6.62. The molecule has 0 spiro atoms. The highest BCUT2D eigenvalue weighted by molar-refractivity contribution is 5.94. The summed E-state index contributed by atoms with van der Waals surface area (Å²) in [6.07, 6.45) is 3.28. The second kappa shape index (κ2) is 10.3. The van der Waals surface area contributed by atoms with Gasteiger partial charge < -0.3 is 15.0 Å². The normalized spacial score (nSPS) is 16.5. The van der Waals surface area contributed by atoms with Gasteiger partial charge in [-0.25, -0.2) is 4.39 Å². The largest absolute Gasteiger partial charge is 0.491 e. The van der Waals surface area contributed by atoms with Gasteiger partial charge >= 0.3 is 0 Å². The lowest BCUT2D eigenvalue weighted by Crippen LogP contribution is -2.41. The minimum atomic E-state index is -0.330. The molecule has 5 rings (SSSR count). The fourth-order valence-corrected chi connectivity index (χ4v) is 4.51. The summed E-state index contributed by atoms with van der Waals surface area (Å²) in [7, 11) is 0. The predicted molar refractivity (Wildman–Crippen MR) is 132 cm³/mol. The van der Waals surface area contributed by atoms with Gasteiger partial charge in [0.05, 0.1) is 13.0 Å². The highest BCUT2D eigenvalue weighted by Gasteiger charge is 2.24. The van der Waals surface area contributed by atoms with Crippen LogP contribution in [0.2, 0.25) is 0 Å². The molecule has 35 heavy (non-hydrogen) atoms. The summed E-state index contributed by atoms with van der Waals surface area (Å²) >= 11 is 0. The van der Waals surface area contributed by atoms with Crippen LogP contribution in [0.25, 0.3) is 0 Å². The molecule has 0 aromatic heterocycles. The Morgan fingerprint density at radius 1 is 1.03 bits per heavy atom. The van der Waals surface area contributed by atoms with Gasteiger partial charge in [0, 0.05) is 25.1 Å². The zero-order valence-corrected chi connectivity index (χ0v) is 19.6. The molecule has 1 aliphatic heterocycles. The summed E-state index contributed by atoms with van der Waals surface area (Å²) in [5.74, 6) is 0.867. The standard InChI is InChI=1S/C29H29FN2O3/c30-26-9-4-20(5-10-26)18-28(33)32-13-12-31-29(34)24-3-1-2-21(16-24)17-25-19-23(22-6-7-22)8-11-27(25)35-15-14-32/h1-5,8-11,16,19,22H,6-7,12-15,17-18H2,(H,31,34). The molecule has 180 valence electrons. The Bertz CT molecular complexity index is 1220. The van der Waals surface area contributed by atoms with E-state index in [0.29, 0.717) is 44.1 Å². The van der Waals surface area contributed by atoms with Crippen molar-refractivity contribution in [1.29, 1.82) is 0 Å². The topological polar surface area (TPSA) is 58.6 Å². The highest BCUT2D eigenvalue weighted by atomic mass is 19.1. The van der Waals surface area contributed by atoms with Crippen molar-refractivity contribution in [3.63, 3.8) is 0 Å². The SMILES string of the molecule is O=C1NCCN(C(=O)Cc2ccc(F)cc2)CCOc2ccc(C3CC3)cc2Cc2cccc1c2. The molecule has 6 heteroatoms. The molecule has 0 atom stereocenters. The Hall–Kier alpha value is -3.67. The first kappa shape index (κ1) is 23.1. The fourth-order valence-electron chi connectivity index (χ4n) is 4.51. The number of amides is 2. The number of hydrogen-bond acceptors (Lipinski definition) is 3. The van der Waals surface area contributed by atoms with Gasteiger partial charge in [-0.1, -0.05) is 36.4 Å². The molecule has 1 N–H and O–H groups in total. The van der Waals surface area contributed by atoms with Crippen molar-refractivity contribution >= 4 is 11.8 Å². The van der Waals surface area contributed by atoms with E-state index in [1.165, 1.54) is 30.5 Å². The van der Waals surface area contributed by atoms with Crippen molar-refractivity contribution in [3.8, 4) is 5.75 Å². The van der Waals surface area contributed by atoms with Gasteiger partial charge in [-0.05, 0) is 71.3 Å². The maximum atomic E-state index is 13.2. The zero-order chi connectivity index (χ0) is 24.2. The van der Waals surface area contributed by atoms with Crippen LogP contribution in [-0.2, 0) is 17.6 Å². The molecule has 2 aliphatic rings. The van der Waals surface area contributed by atoms with Gasteiger partial charge in [-0.15, -0.1) is 0 Å². The van der Waals surface area contributed by atoms with Gasteiger partial charge in [0.1, 0.15) is 18.2 Å². The number of hydrogen-bond donors (Lipinski definition) is 1. The number of nitrogens with zero attached hydrogens (tertiary/aromatic N) is 1. The number of carbonyl (C=O) groups is 2. The summed E-state index contributed by atoms with van der Waals surface area (Å²) in [6.45, 7) is 1.44. The lowest BCUT2D eigenvalue weighted by atomic mass is 9.98. The molecular formula is C29H29FN2O3. The van der Waals surface area contributed by atoms with E-state index in [1.807, 2.05) is 24.3 Å². The molecule has 5 nitrogen and oxygen atoms in total. The molecule has 1 fully saturated rings. The van der Waals surface area contributed by atoms with E-state index in [2.05, 4.69) is 17.4 Å². The summed E-state index contributed by atoms with van der Waals surface area (Å²) in [4.78, 5) is 27.5. The number of carbonyl (C=O) groups excluding carboxylic acids is 2. The number of ether oxygens (including phenoxy) is 1. The van der Waals surface area contributed by atoms with Gasteiger partial charge in [-0.3, -0.25) is 9.59 Å². The van der Waals surface area contributed by atoms with Crippen LogP contribution in [-0.4, -0.2) is 43.0 Å².